The minimum atomic E-state index is 0.271. The van der Waals surface area contributed by atoms with E-state index in [0.717, 1.165) is 45.6 Å². The Hall–Kier alpha value is -0.770. The van der Waals surface area contributed by atoms with E-state index in [9.17, 15) is 4.79 Å². The van der Waals surface area contributed by atoms with Gasteiger partial charge in [0.05, 0.1) is 0 Å². The van der Waals surface area contributed by atoms with Crippen LogP contribution in [0.2, 0.25) is 0 Å². The zero-order valence-corrected chi connectivity index (χ0v) is 12.1. The molecule has 0 aromatic rings. The number of hydrogen-bond acceptors (Lipinski definition) is 2. The summed E-state index contributed by atoms with van der Waals surface area (Å²) in [5, 5.41) is 0. The summed E-state index contributed by atoms with van der Waals surface area (Å²) in [6, 6.07) is 0.804. The van der Waals surface area contributed by atoms with Crippen molar-refractivity contribution in [2.75, 3.05) is 39.8 Å². The highest BCUT2D eigenvalue weighted by Gasteiger charge is 2.30. The first-order valence-corrected chi connectivity index (χ1v) is 7.36. The SMILES string of the molecule is CCC1CN(C(=O)N2CCCC(C)C2)CCN1C. The predicted molar refractivity (Wildman–Crippen MR) is 73.6 cm³/mol. The van der Waals surface area contributed by atoms with Gasteiger partial charge < -0.3 is 9.80 Å². The fourth-order valence-corrected chi connectivity index (χ4v) is 3.12. The van der Waals surface area contributed by atoms with Gasteiger partial charge in [0.25, 0.3) is 0 Å². The molecule has 2 rings (SSSR count). The largest absolute Gasteiger partial charge is 0.324 e. The van der Waals surface area contributed by atoms with Gasteiger partial charge >= 0.3 is 6.03 Å². The monoisotopic (exact) mass is 253 g/mol. The number of amides is 2. The molecule has 0 spiro atoms. The van der Waals surface area contributed by atoms with E-state index in [2.05, 4.69) is 35.6 Å². The highest BCUT2D eigenvalue weighted by atomic mass is 16.2. The van der Waals surface area contributed by atoms with Crippen LogP contribution < -0.4 is 0 Å². The summed E-state index contributed by atoms with van der Waals surface area (Å²) < 4.78 is 0. The number of piperazine rings is 1. The van der Waals surface area contributed by atoms with Gasteiger partial charge in [0.2, 0.25) is 0 Å². The van der Waals surface area contributed by atoms with Crippen molar-refractivity contribution in [1.29, 1.82) is 0 Å². The van der Waals surface area contributed by atoms with Gasteiger partial charge in [-0.25, -0.2) is 4.79 Å². The normalized spacial score (nSPS) is 30.6. The molecule has 0 radical (unpaired) electrons. The van der Waals surface area contributed by atoms with Gasteiger partial charge in [-0.3, -0.25) is 4.90 Å². The molecule has 4 nitrogen and oxygen atoms in total. The van der Waals surface area contributed by atoms with Gasteiger partial charge in [-0.15, -0.1) is 0 Å². The highest BCUT2D eigenvalue weighted by Crippen LogP contribution is 2.19. The van der Waals surface area contributed by atoms with Crippen LogP contribution in [-0.4, -0.2) is 66.5 Å². The zero-order valence-electron chi connectivity index (χ0n) is 12.1. The van der Waals surface area contributed by atoms with Crippen molar-refractivity contribution in [3.05, 3.63) is 0 Å². The summed E-state index contributed by atoms with van der Waals surface area (Å²) in [5.41, 5.74) is 0. The number of nitrogens with zero attached hydrogens (tertiary/aromatic N) is 3. The highest BCUT2D eigenvalue weighted by molar-refractivity contribution is 5.74. The van der Waals surface area contributed by atoms with Gasteiger partial charge in [-0.1, -0.05) is 13.8 Å². The van der Waals surface area contributed by atoms with Crippen LogP contribution in [0, 0.1) is 5.92 Å². The average molecular weight is 253 g/mol. The molecule has 2 aliphatic rings. The Labute approximate surface area is 111 Å². The molecular weight excluding hydrogens is 226 g/mol. The molecule has 0 N–H and O–H groups in total. The minimum Gasteiger partial charge on any atom is -0.324 e. The third-order valence-corrected chi connectivity index (χ3v) is 4.45. The van der Waals surface area contributed by atoms with E-state index < -0.39 is 0 Å². The lowest BCUT2D eigenvalue weighted by Crippen LogP contribution is -2.57. The first kappa shape index (κ1) is 13.7. The Morgan fingerprint density at radius 1 is 1.17 bits per heavy atom. The van der Waals surface area contributed by atoms with Crippen molar-refractivity contribution in [3.8, 4) is 0 Å². The number of urea groups is 1. The van der Waals surface area contributed by atoms with Crippen molar-refractivity contribution in [2.24, 2.45) is 5.92 Å². The molecular formula is C14H27N3O. The maximum atomic E-state index is 12.5. The molecule has 2 heterocycles. The molecule has 0 aliphatic carbocycles. The Bertz CT molecular complexity index is 295. The summed E-state index contributed by atoms with van der Waals surface area (Å²) in [6.45, 7) is 9.14. The van der Waals surface area contributed by atoms with Crippen LogP contribution in [-0.2, 0) is 0 Å². The average Bonchev–Trinajstić information content (AvgIpc) is 2.38. The minimum absolute atomic E-state index is 0.271. The lowest BCUT2D eigenvalue weighted by Gasteiger charge is -2.42. The van der Waals surface area contributed by atoms with Crippen LogP contribution in [0.3, 0.4) is 0 Å². The van der Waals surface area contributed by atoms with Crippen LogP contribution >= 0.6 is 0 Å². The number of carbonyl (C=O) groups is 1. The van der Waals surface area contributed by atoms with Crippen molar-refractivity contribution < 1.29 is 4.79 Å². The molecule has 104 valence electrons. The quantitative estimate of drug-likeness (QED) is 0.713. The smallest absolute Gasteiger partial charge is 0.320 e. The molecule has 2 fully saturated rings. The van der Waals surface area contributed by atoms with Crippen LogP contribution in [0.5, 0.6) is 0 Å². The van der Waals surface area contributed by atoms with E-state index in [0.29, 0.717) is 12.0 Å². The van der Waals surface area contributed by atoms with Crippen LogP contribution in [0.1, 0.15) is 33.1 Å². The van der Waals surface area contributed by atoms with E-state index >= 15 is 0 Å². The topological polar surface area (TPSA) is 26.8 Å². The number of piperidine rings is 1. The lowest BCUT2D eigenvalue weighted by molar-refractivity contribution is 0.0796. The molecule has 2 amide bonds. The van der Waals surface area contributed by atoms with Crippen molar-refractivity contribution in [1.82, 2.24) is 14.7 Å². The van der Waals surface area contributed by atoms with Gasteiger partial charge in [0, 0.05) is 38.8 Å². The molecule has 4 heteroatoms. The second-order valence-corrected chi connectivity index (χ2v) is 5.96. The fourth-order valence-electron chi connectivity index (χ4n) is 3.12. The third-order valence-electron chi connectivity index (χ3n) is 4.45. The molecule has 2 unspecified atom stereocenters. The lowest BCUT2D eigenvalue weighted by atomic mass is 10.0. The molecule has 2 saturated heterocycles. The van der Waals surface area contributed by atoms with Crippen molar-refractivity contribution >= 4 is 6.03 Å². The van der Waals surface area contributed by atoms with Gasteiger partial charge in [-0.05, 0) is 32.2 Å². The van der Waals surface area contributed by atoms with E-state index in [4.69, 9.17) is 0 Å². The van der Waals surface area contributed by atoms with Crippen molar-refractivity contribution in [3.63, 3.8) is 0 Å². The molecule has 2 atom stereocenters. The van der Waals surface area contributed by atoms with E-state index in [1.54, 1.807) is 0 Å². The molecule has 0 bridgehead atoms. The number of hydrogen-bond donors (Lipinski definition) is 0. The first-order valence-electron chi connectivity index (χ1n) is 7.36. The predicted octanol–water partition coefficient (Wildman–Crippen LogP) is 1.86. The van der Waals surface area contributed by atoms with Gasteiger partial charge in [0.1, 0.15) is 0 Å². The van der Waals surface area contributed by atoms with E-state index in [1.165, 1.54) is 6.42 Å². The van der Waals surface area contributed by atoms with Crippen LogP contribution in [0.15, 0.2) is 0 Å². The summed E-state index contributed by atoms with van der Waals surface area (Å²) in [4.78, 5) is 19.0. The van der Waals surface area contributed by atoms with E-state index in [-0.39, 0.29) is 6.03 Å². The number of likely N-dealkylation sites (tertiary alicyclic amines) is 1. The molecule has 0 aromatic carbocycles. The maximum Gasteiger partial charge on any atom is 0.320 e. The van der Waals surface area contributed by atoms with Crippen LogP contribution in [0.4, 0.5) is 4.79 Å². The molecule has 0 aromatic heterocycles. The summed E-state index contributed by atoms with van der Waals surface area (Å²) in [6.07, 6.45) is 3.55. The Balaban J connectivity index is 1.92. The number of carbonyl (C=O) groups excluding carboxylic acids is 1. The fraction of sp³-hybridized carbons (Fsp3) is 0.929. The third kappa shape index (κ3) is 2.97. The molecule has 0 saturated carbocycles. The van der Waals surface area contributed by atoms with Crippen LogP contribution in [0.25, 0.3) is 0 Å². The Morgan fingerprint density at radius 3 is 2.56 bits per heavy atom. The maximum absolute atomic E-state index is 12.5. The Morgan fingerprint density at radius 2 is 1.89 bits per heavy atom. The van der Waals surface area contributed by atoms with Crippen molar-refractivity contribution in [2.45, 2.75) is 39.2 Å². The second-order valence-electron chi connectivity index (χ2n) is 5.96. The zero-order chi connectivity index (χ0) is 13.1. The Kier molecular flexibility index (Phi) is 4.49. The summed E-state index contributed by atoms with van der Waals surface area (Å²) >= 11 is 0. The first-order chi connectivity index (χ1) is 8.61. The van der Waals surface area contributed by atoms with Gasteiger partial charge in [-0.2, -0.15) is 0 Å². The standard InChI is InChI=1S/C14H27N3O/c1-4-13-11-17(9-8-15(13)3)14(18)16-7-5-6-12(2)10-16/h12-13H,4-11H2,1-3H3. The summed E-state index contributed by atoms with van der Waals surface area (Å²) in [5.74, 6) is 0.664. The second kappa shape index (κ2) is 5.91. The van der Waals surface area contributed by atoms with E-state index in [1.807, 2.05) is 0 Å². The molecule has 2 aliphatic heterocycles. The number of likely N-dealkylation sites (N-methyl/N-ethyl adjacent to an activating group) is 1. The molecule has 18 heavy (non-hydrogen) atoms. The number of rotatable bonds is 1. The summed E-state index contributed by atoms with van der Waals surface area (Å²) in [7, 11) is 2.17. The van der Waals surface area contributed by atoms with Gasteiger partial charge in [0.15, 0.2) is 0 Å².